The minimum Gasteiger partial charge on any atom is -0.379 e. The molecule has 0 bridgehead atoms. The summed E-state index contributed by atoms with van der Waals surface area (Å²) in [5.74, 6) is 5.36. The van der Waals surface area contributed by atoms with E-state index < -0.39 is 0 Å². The van der Waals surface area contributed by atoms with Crippen LogP contribution in [0.2, 0.25) is 0 Å². The molecule has 1 heterocycles. The molecule has 0 unspecified atom stereocenters. The summed E-state index contributed by atoms with van der Waals surface area (Å²) < 4.78 is 5.35. The first kappa shape index (κ1) is 13.5. The van der Waals surface area contributed by atoms with Crippen LogP contribution >= 0.6 is 0 Å². The van der Waals surface area contributed by atoms with E-state index in [1.54, 1.807) is 0 Å². The average Bonchev–Trinajstić information content (AvgIpc) is 2.41. The van der Waals surface area contributed by atoms with E-state index in [4.69, 9.17) is 4.74 Å². The number of rotatable bonds is 1. The van der Waals surface area contributed by atoms with Gasteiger partial charge in [-0.05, 0) is 26.7 Å². The van der Waals surface area contributed by atoms with Crippen molar-refractivity contribution < 1.29 is 4.74 Å². The van der Waals surface area contributed by atoms with Gasteiger partial charge in [0, 0.05) is 19.1 Å². The van der Waals surface area contributed by atoms with E-state index in [0.29, 0.717) is 0 Å². The van der Waals surface area contributed by atoms with Gasteiger partial charge in [0.1, 0.15) is 0 Å². The predicted octanol–water partition coefficient (Wildman–Crippen LogP) is 2.68. The van der Waals surface area contributed by atoms with Crippen molar-refractivity contribution in [3.8, 4) is 11.8 Å². The lowest BCUT2D eigenvalue weighted by molar-refractivity contribution is 0.00858. The number of hydrogen-bond donors (Lipinski definition) is 0. The maximum absolute atomic E-state index is 5.35. The van der Waals surface area contributed by atoms with Crippen molar-refractivity contribution in [2.75, 3.05) is 26.3 Å². The van der Waals surface area contributed by atoms with Gasteiger partial charge in [0.05, 0.1) is 13.2 Å². The van der Waals surface area contributed by atoms with E-state index in [1.807, 2.05) is 13.8 Å². The molecule has 0 radical (unpaired) electrons. The molecule has 0 aromatic carbocycles. The molecule has 2 rings (SSSR count). The van der Waals surface area contributed by atoms with Crippen LogP contribution in [0.4, 0.5) is 0 Å². The fourth-order valence-corrected chi connectivity index (χ4v) is 2.39. The van der Waals surface area contributed by atoms with Crippen molar-refractivity contribution >= 4 is 0 Å². The van der Waals surface area contributed by atoms with Crippen LogP contribution in [-0.4, -0.2) is 37.2 Å². The van der Waals surface area contributed by atoms with Crippen LogP contribution in [0.25, 0.3) is 0 Å². The smallest absolute Gasteiger partial charge is 0.0594 e. The maximum atomic E-state index is 5.35. The van der Waals surface area contributed by atoms with Gasteiger partial charge in [0.25, 0.3) is 0 Å². The molecule has 1 saturated heterocycles. The summed E-state index contributed by atoms with van der Waals surface area (Å²) in [7, 11) is 0. The Kier molecular flexibility index (Phi) is 7.29. The van der Waals surface area contributed by atoms with E-state index in [1.165, 1.54) is 45.2 Å². The first-order valence-corrected chi connectivity index (χ1v) is 6.53. The fraction of sp³-hybridized carbons (Fsp3) is 0.857. The van der Waals surface area contributed by atoms with Crippen LogP contribution in [0.1, 0.15) is 46.0 Å². The van der Waals surface area contributed by atoms with Gasteiger partial charge in [-0.25, -0.2) is 0 Å². The minimum atomic E-state index is 0.891. The highest BCUT2D eigenvalue weighted by Crippen LogP contribution is 2.22. The maximum Gasteiger partial charge on any atom is 0.0594 e. The summed E-state index contributed by atoms with van der Waals surface area (Å²) in [4.78, 5) is 2.63. The lowest BCUT2D eigenvalue weighted by Crippen LogP contribution is -2.44. The average molecular weight is 223 g/mol. The van der Waals surface area contributed by atoms with Gasteiger partial charge in [-0.2, -0.15) is 0 Å². The van der Waals surface area contributed by atoms with Crippen molar-refractivity contribution in [2.24, 2.45) is 0 Å². The van der Waals surface area contributed by atoms with Gasteiger partial charge < -0.3 is 4.74 Å². The minimum absolute atomic E-state index is 0.891. The zero-order chi connectivity index (χ0) is 11.6. The summed E-state index contributed by atoms with van der Waals surface area (Å²) >= 11 is 0. The Morgan fingerprint density at radius 2 is 1.50 bits per heavy atom. The number of nitrogens with zero attached hydrogens (tertiary/aromatic N) is 1. The molecule has 2 fully saturated rings. The Labute approximate surface area is 100 Å². The topological polar surface area (TPSA) is 12.5 Å². The highest BCUT2D eigenvalue weighted by molar-refractivity contribution is 4.89. The second-order valence-electron chi connectivity index (χ2n) is 4.44. The Morgan fingerprint density at radius 1 is 0.938 bits per heavy atom. The number of ether oxygens (including phenoxy) is 1. The van der Waals surface area contributed by atoms with Gasteiger partial charge in [0.2, 0.25) is 0 Å². The Balaban J connectivity index is 0.000000280. The van der Waals surface area contributed by atoms with Crippen LogP contribution in [0.15, 0.2) is 0 Å². The molecule has 92 valence electrons. The molecule has 2 heteroatoms. The quantitative estimate of drug-likeness (QED) is 0.634. The fourth-order valence-electron chi connectivity index (χ4n) is 2.39. The summed E-state index contributed by atoms with van der Waals surface area (Å²) in [5.41, 5.74) is 0. The Bertz CT molecular complexity index is 195. The van der Waals surface area contributed by atoms with Gasteiger partial charge in [-0.1, -0.05) is 19.3 Å². The zero-order valence-corrected chi connectivity index (χ0v) is 10.8. The first-order valence-electron chi connectivity index (χ1n) is 6.53. The molecule has 1 saturated carbocycles. The van der Waals surface area contributed by atoms with Crippen molar-refractivity contribution in [1.29, 1.82) is 0 Å². The molecule has 1 aliphatic carbocycles. The second kappa shape index (κ2) is 8.61. The molecule has 0 aromatic heterocycles. The number of hydrogen-bond acceptors (Lipinski definition) is 2. The van der Waals surface area contributed by atoms with Crippen LogP contribution in [0.3, 0.4) is 0 Å². The van der Waals surface area contributed by atoms with Gasteiger partial charge in [0.15, 0.2) is 0 Å². The molecule has 0 N–H and O–H groups in total. The van der Waals surface area contributed by atoms with Gasteiger partial charge in [-0.15, -0.1) is 11.8 Å². The summed E-state index contributed by atoms with van der Waals surface area (Å²) in [5, 5.41) is 0. The summed E-state index contributed by atoms with van der Waals surface area (Å²) in [6.07, 6.45) is 7.21. The normalized spacial score (nSPS) is 22.6. The molecule has 16 heavy (non-hydrogen) atoms. The monoisotopic (exact) mass is 223 g/mol. The molecule has 0 amide bonds. The Morgan fingerprint density at radius 3 is 2.00 bits per heavy atom. The third-order valence-corrected chi connectivity index (χ3v) is 3.39. The molecule has 1 aliphatic heterocycles. The van der Waals surface area contributed by atoms with Crippen molar-refractivity contribution in [3.05, 3.63) is 0 Å². The molecular formula is C14H25NO. The predicted molar refractivity (Wildman–Crippen MR) is 68.4 cm³/mol. The van der Waals surface area contributed by atoms with Crippen LogP contribution in [-0.2, 0) is 4.74 Å². The second-order valence-corrected chi connectivity index (χ2v) is 4.44. The first-order chi connectivity index (χ1) is 7.88. The van der Waals surface area contributed by atoms with Crippen LogP contribution in [0, 0.1) is 11.8 Å². The highest BCUT2D eigenvalue weighted by Gasteiger charge is 2.22. The SMILES string of the molecule is C1CCC(N2CCOCC2)CC1.CC#CC. The molecule has 2 aliphatic rings. The van der Waals surface area contributed by atoms with E-state index in [9.17, 15) is 0 Å². The zero-order valence-electron chi connectivity index (χ0n) is 10.8. The third kappa shape index (κ3) is 5.01. The van der Waals surface area contributed by atoms with Crippen LogP contribution in [0.5, 0.6) is 0 Å². The standard InChI is InChI=1S/C10H19NO.C4H6/c1-2-4-10(5-3-1)11-6-8-12-9-7-11;1-3-4-2/h10H,1-9H2;1-2H3. The molecular weight excluding hydrogens is 198 g/mol. The van der Waals surface area contributed by atoms with Crippen molar-refractivity contribution in [1.82, 2.24) is 4.90 Å². The van der Waals surface area contributed by atoms with E-state index >= 15 is 0 Å². The molecule has 2 nitrogen and oxygen atoms in total. The summed E-state index contributed by atoms with van der Waals surface area (Å²) in [6, 6.07) is 0.891. The Hall–Kier alpha value is -0.520. The van der Waals surface area contributed by atoms with E-state index in [2.05, 4.69) is 16.7 Å². The lowest BCUT2D eigenvalue weighted by Gasteiger charge is -2.36. The molecule has 0 aromatic rings. The summed E-state index contributed by atoms with van der Waals surface area (Å²) in [6.45, 7) is 7.89. The van der Waals surface area contributed by atoms with Crippen LogP contribution < -0.4 is 0 Å². The molecule has 0 atom stereocenters. The van der Waals surface area contributed by atoms with Crippen molar-refractivity contribution in [3.63, 3.8) is 0 Å². The van der Waals surface area contributed by atoms with Crippen molar-refractivity contribution in [2.45, 2.75) is 52.0 Å². The lowest BCUT2D eigenvalue weighted by atomic mass is 9.94. The largest absolute Gasteiger partial charge is 0.379 e. The highest BCUT2D eigenvalue weighted by atomic mass is 16.5. The van der Waals surface area contributed by atoms with E-state index in [0.717, 1.165) is 19.3 Å². The van der Waals surface area contributed by atoms with E-state index in [-0.39, 0.29) is 0 Å². The van der Waals surface area contributed by atoms with Gasteiger partial charge >= 0.3 is 0 Å². The van der Waals surface area contributed by atoms with Gasteiger partial charge in [-0.3, -0.25) is 4.90 Å². The molecule has 0 spiro atoms. The number of morpholine rings is 1. The third-order valence-electron chi connectivity index (χ3n) is 3.39.